The third-order valence-electron chi connectivity index (χ3n) is 2.38. The van der Waals surface area contributed by atoms with Crippen LogP contribution < -0.4 is 16.3 Å². The lowest BCUT2D eigenvalue weighted by atomic mass is 10.1. The molecule has 0 radical (unpaired) electrons. The van der Waals surface area contributed by atoms with E-state index in [1.165, 1.54) is 18.2 Å². The molecule has 0 spiro atoms. The van der Waals surface area contributed by atoms with Crippen LogP contribution in [0.1, 0.15) is 5.56 Å². The van der Waals surface area contributed by atoms with E-state index in [2.05, 4.69) is 0 Å². The van der Waals surface area contributed by atoms with Gasteiger partial charge in [0, 0.05) is 10.8 Å². The molecule has 0 heterocycles. The van der Waals surface area contributed by atoms with Crippen LogP contribution in [-0.4, -0.2) is 11.1 Å². The second-order valence-electron chi connectivity index (χ2n) is 3.40. The monoisotopic (exact) mass is 218 g/mol. The molecule has 80 valence electrons. The van der Waals surface area contributed by atoms with Gasteiger partial charge in [-0.05, 0) is 5.56 Å². The average Bonchev–Trinajstić information content (AvgIpc) is 2.44. The molecule has 0 saturated heterocycles. The quantitative estimate of drug-likeness (QED) is 0.681. The van der Waals surface area contributed by atoms with Gasteiger partial charge in [0.05, 0.1) is 6.42 Å². The lowest BCUT2D eigenvalue weighted by molar-refractivity contribution is -0.136. The number of carboxylic acid groups (broad SMARTS) is 1. The van der Waals surface area contributed by atoms with E-state index in [0.717, 1.165) is 0 Å². The van der Waals surface area contributed by atoms with Gasteiger partial charge in [-0.15, -0.1) is 0 Å². The van der Waals surface area contributed by atoms with Crippen LogP contribution in [0, 0.1) is 0 Å². The maximum Gasteiger partial charge on any atom is 0.307 e. The summed E-state index contributed by atoms with van der Waals surface area (Å²) in [6.07, 6.45) is -0.379. The smallest absolute Gasteiger partial charge is 0.307 e. The summed E-state index contributed by atoms with van der Waals surface area (Å²) in [6.45, 7) is 0. The molecule has 0 unspecified atom stereocenters. The maximum absolute atomic E-state index is 11.4. The third kappa shape index (κ3) is 1.33. The van der Waals surface area contributed by atoms with Crippen LogP contribution in [-0.2, 0) is 11.2 Å². The summed E-state index contributed by atoms with van der Waals surface area (Å²) in [4.78, 5) is 44.5. The summed E-state index contributed by atoms with van der Waals surface area (Å²) in [5.74, 6) is -1.12. The van der Waals surface area contributed by atoms with Crippen LogP contribution >= 0.6 is 0 Å². The second-order valence-corrected chi connectivity index (χ2v) is 3.40. The summed E-state index contributed by atoms with van der Waals surface area (Å²) in [7, 11) is 0. The van der Waals surface area contributed by atoms with Gasteiger partial charge in [0.2, 0.25) is 10.9 Å². The van der Waals surface area contributed by atoms with Gasteiger partial charge < -0.3 is 5.11 Å². The van der Waals surface area contributed by atoms with Crippen LogP contribution in [0.15, 0.2) is 32.6 Å². The van der Waals surface area contributed by atoms with E-state index in [0.29, 0.717) is 0 Å². The molecule has 2 aromatic rings. The van der Waals surface area contributed by atoms with Gasteiger partial charge in [-0.2, -0.15) is 0 Å². The predicted octanol–water partition coefficient (Wildman–Crippen LogP) is -0.577. The largest absolute Gasteiger partial charge is 0.481 e. The molecule has 0 fully saturated rings. The normalized spacial score (nSPS) is 10.8. The summed E-state index contributed by atoms with van der Waals surface area (Å²) >= 11 is 0. The highest BCUT2D eigenvalue weighted by Crippen LogP contribution is 2.11. The number of hydrogen-bond donors (Lipinski definition) is 1. The Labute approximate surface area is 88.3 Å². The van der Waals surface area contributed by atoms with E-state index in [1.807, 2.05) is 0 Å². The van der Waals surface area contributed by atoms with Crippen LogP contribution in [0.5, 0.6) is 0 Å². The molecule has 0 atom stereocenters. The van der Waals surface area contributed by atoms with E-state index >= 15 is 0 Å². The Hall–Kier alpha value is -2.30. The molecular weight excluding hydrogens is 212 g/mol. The number of rotatable bonds is 2. The van der Waals surface area contributed by atoms with Crippen LogP contribution in [0.2, 0.25) is 0 Å². The predicted molar refractivity (Wildman–Crippen MR) is 56.5 cm³/mol. The molecule has 0 aliphatic heterocycles. The molecular formula is C11H6O5. The molecule has 0 saturated carbocycles. The zero-order valence-electron chi connectivity index (χ0n) is 8.02. The van der Waals surface area contributed by atoms with E-state index in [4.69, 9.17) is 5.11 Å². The zero-order valence-corrected chi connectivity index (χ0v) is 8.02. The van der Waals surface area contributed by atoms with Gasteiger partial charge in [-0.1, -0.05) is 18.2 Å². The van der Waals surface area contributed by atoms with Crippen molar-refractivity contribution in [2.24, 2.45) is 0 Å². The van der Waals surface area contributed by atoms with Gasteiger partial charge in [-0.3, -0.25) is 19.2 Å². The Balaban J connectivity index is 2.93. The fraction of sp³-hybridized carbons (Fsp3) is 0.0909. The first-order valence-corrected chi connectivity index (χ1v) is 4.49. The SMILES string of the molecule is O=C(O)Cc1cccc2c(=O)c(=O)c(=O)c12. The van der Waals surface area contributed by atoms with Gasteiger partial charge in [-0.25, -0.2) is 0 Å². The topological polar surface area (TPSA) is 88.5 Å². The summed E-state index contributed by atoms with van der Waals surface area (Å²) in [6, 6.07) is 4.24. The Kier molecular flexibility index (Phi) is 2.16. The number of benzene rings is 1. The molecule has 0 aliphatic carbocycles. The first-order chi connectivity index (χ1) is 7.52. The number of fused-ring (bicyclic) bond motifs is 1. The number of hydrogen-bond acceptors (Lipinski definition) is 4. The maximum atomic E-state index is 11.4. The molecule has 2 aromatic carbocycles. The zero-order chi connectivity index (χ0) is 11.9. The lowest BCUT2D eigenvalue weighted by Gasteiger charge is -1.97. The van der Waals surface area contributed by atoms with E-state index in [9.17, 15) is 19.2 Å². The highest BCUT2D eigenvalue weighted by molar-refractivity contribution is 5.89. The van der Waals surface area contributed by atoms with Gasteiger partial charge in [0.25, 0.3) is 5.43 Å². The van der Waals surface area contributed by atoms with Crippen LogP contribution in [0.3, 0.4) is 0 Å². The van der Waals surface area contributed by atoms with Crippen molar-refractivity contribution in [2.75, 3.05) is 0 Å². The Morgan fingerprint density at radius 1 is 1.06 bits per heavy atom. The average molecular weight is 218 g/mol. The first-order valence-electron chi connectivity index (χ1n) is 4.49. The molecule has 16 heavy (non-hydrogen) atoms. The van der Waals surface area contributed by atoms with Crippen LogP contribution in [0.4, 0.5) is 0 Å². The second kappa shape index (κ2) is 3.37. The highest BCUT2D eigenvalue weighted by Gasteiger charge is 2.16. The van der Waals surface area contributed by atoms with Gasteiger partial charge >= 0.3 is 5.97 Å². The minimum Gasteiger partial charge on any atom is -0.481 e. The molecule has 5 heteroatoms. The summed E-state index contributed by atoms with van der Waals surface area (Å²) < 4.78 is 0. The molecule has 0 bridgehead atoms. The fourth-order valence-electron chi connectivity index (χ4n) is 1.71. The van der Waals surface area contributed by atoms with Crippen molar-refractivity contribution in [3.05, 3.63) is 54.4 Å². The van der Waals surface area contributed by atoms with Crippen molar-refractivity contribution in [2.45, 2.75) is 6.42 Å². The van der Waals surface area contributed by atoms with Crippen molar-refractivity contribution in [3.8, 4) is 0 Å². The standard InChI is InChI=1S/C11H6O5/c12-7(13)4-5-2-1-3-6-8(5)10(15)11(16)9(6)14/h1-3H,4H2,(H,12,13). The Morgan fingerprint density at radius 2 is 1.75 bits per heavy atom. The summed E-state index contributed by atoms with van der Waals surface area (Å²) in [5.41, 5.74) is -2.65. The molecule has 0 amide bonds. The fourth-order valence-corrected chi connectivity index (χ4v) is 1.71. The minimum atomic E-state index is -1.12. The Bertz CT molecular complexity index is 719. The Morgan fingerprint density at radius 3 is 2.38 bits per heavy atom. The van der Waals surface area contributed by atoms with Gasteiger partial charge in [0.1, 0.15) is 0 Å². The van der Waals surface area contributed by atoms with Crippen LogP contribution in [0.25, 0.3) is 10.8 Å². The number of carbonyl (C=O) groups is 1. The molecule has 2 rings (SSSR count). The van der Waals surface area contributed by atoms with E-state index in [1.54, 1.807) is 0 Å². The summed E-state index contributed by atoms with van der Waals surface area (Å²) in [5, 5.41) is 8.59. The molecule has 5 nitrogen and oxygen atoms in total. The molecule has 0 aliphatic rings. The third-order valence-corrected chi connectivity index (χ3v) is 2.38. The van der Waals surface area contributed by atoms with Crippen molar-refractivity contribution >= 4 is 16.7 Å². The van der Waals surface area contributed by atoms with E-state index in [-0.39, 0.29) is 22.8 Å². The van der Waals surface area contributed by atoms with E-state index < -0.39 is 22.3 Å². The molecule has 0 aromatic heterocycles. The van der Waals surface area contributed by atoms with Crippen molar-refractivity contribution in [3.63, 3.8) is 0 Å². The van der Waals surface area contributed by atoms with Crippen molar-refractivity contribution in [1.82, 2.24) is 0 Å². The minimum absolute atomic E-state index is 0.00810. The van der Waals surface area contributed by atoms with Crippen molar-refractivity contribution < 1.29 is 9.90 Å². The first kappa shape index (κ1) is 10.2. The number of aliphatic carboxylic acids is 1. The molecule has 1 N–H and O–H groups in total. The number of carboxylic acids is 1. The highest BCUT2D eigenvalue weighted by atomic mass is 16.4. The van der Waals surface area contributed by atoms with Gasteiger partial charge in [0.15, 0.2) is 0 Å². The van der Waals surface area contributed by atoms with Crippen molar-refractivity contribution in [1.29, 1.82) is 0 Å². The lowest BCUT2D eigenvalue weighted by Crippen LogP contribution is -2.29.